The van der Waals surface area contributed by atoms with E-state index in [9.17, 15) is 14.4 Å². The molecule has 1 aliphatic carbocycles. The molecule has 3 rings (SSSR count). The molecule has 1 aliphatic heterocycles. The second-order valence-electron chi connectivity index (χ2n) is 5.68. The maximum atomic E-state index is 12.5. The van der Waals surface area contributed by atoms with Crippen LogP contribution in [-0.2, 0) is 16.1 Å². The second-order valence-corrected chi connectivity index (χ2v) is 5.68. The van der Waals surface area contributed by atoms with Crippen LogP contribution >= 0.6 is 0 Å². The standard InChI is InChI=1S/C14H17N3O4/c1-8-6-10(21-16-8)7-17-13(19)11(9-4-2-3-5-9)12(18)15-14(17)20/h6,9,11H,2-5,7H2,1H3,(H,15,18,20). The first-order valence-corrected chi connectivity index (χ1v) is 7.14. The zero-order valence-electron chi connectivity index (χ0n) is 11.8. The lowest BCUT2D eigenvalue weighted by Crippen LogP contribution is -2.58. The Morgan fingerprint density at radius 1 is 1.33 bits per heavy atom. The van der Waals surface area contributed by atoms with Gasteiger partial charge in [-0.1, -0.05) is 18.0 Å². The quantitative estimate of drug-likeness (QED) is 0.849. The van der Waals surface area contributed by atoms with Crippen molar-refractivity contribution in [3.63, 3.8) is 0 Å². The Kier molecular flexibility index (Phi) is 3.48. The van der Waals surface area contributed by atoms with Gasteiger partial charge in [-0.15, -0.1) is 0 Å². The van der Waals surface area contributed by atoms with Gasteiger partial charge in [0, 0.05) is 6.07 Å². The van der Waals surface area contributed by atoms with Gasteiger partial charge in [0.2, 0.25) is 11.8 Å². The topological polar surface area (TPSA) is 92.5 Å². The highest BCUT2D eigenvalue weighted by atomic mass is 16.5. The lowest BCUT2D eigenvalue weighted by Gasteiger charge is -2.32. The molecular formula is C14H17N3O4. The van der Waals surface area contributed by atoms with Crippen LogP contribution in [0.25, 0.3) is 0 Å². The molecule has 0 spiro atoms. The minimum Gasteiger partial charge on any atom is -0.359 e. The zero-order chi connectivity index (χ0) is 15.0. The minimum atomic E-state index is -0.755. The van der Waals surface area contributed by atoms with Crippen molar-refractivity contribution in [2.45, 2.75) is 39.2 Å². The molecule has 1 unspecified atom stereocenters. The fourth-order valence-corrected chi connectivity index (χ4v) is 3.13. The van der Waals surface area contributed by atoms with Crippen molar-refractivity contribution >= 4 is 17.8 Å². The monoisotopic (exact) mass is 291 g/mol. The summed E-state index contributed by atoms with van der Waals surface area (Å²) in [6, 6.07) is 0.981. The van der Waals surface area contributed by atoms with Crippen LogP contribution in [0, 0.1) is 18.8 Å². The summed E-state index contributed by atoms with van der Waals surface area (Å²) in [5.74, 6) is -1.19. The highest BCUT2D eigenvalue weighted by Crippen LogP contribution is 2.34. The lowest BCUT2D eigenvalue weighted by molar-refractivity contribution is -0.145. The van der Waals surface area contributed by atoms with Gasteiger partial charge < -0.3 is 4.52 Å². The van der Waals surface area contributed by atoms with Gasteiger partial charge in [-0.3, -0.25) is 19.8 Å². The van der Waals surface area contributed by atoms with Gasteiger partial charge in [0.1, 0.15) is 5.92 Å². The molecule has 0 bridgehead atoms. The summed E-state index contributed by atoms with van der Waals surface area (Å²) in [4.78, 5) is 37.5. The summed E-state index contributed by atoms with van der Waals surface area (Å²) in [5, 5.41) is 6.01. The van der Waals surface area contributed by atoms with E-state index in [1.54, 1.807) is 13.0 Å². The van der Waals surface area contributed by atoms with Gasteiger partial charge in [0.05, 0.1) is 12.2 Å². The molecule has 1 saturated carbocycles. The van der Waals surface area contributed by atoms with E-state index in [1.165, 1.54) is 0 Å². The fourth-order valence-electron chi connectivity index (χ4n) is 3.13. The first kappa shape index (κ1) is 13.8. The van der Waals surface area contributed by atoms with Crippen LogP contribution < -0.4 is 5.32 Å². The summed E-state index contributed by atoms with van der Waals surface area (Å²) < 4.78 is 5.04. The molecule has 1 N–H and O–H groups in total. The van der Waals surface area contributed by atoms with Gasteiger partial charge in [-0.2, -0.15) is 0 Å². The van der Waals surface area contributed by atoms with E-state index in [0.717, 1.165) is 30.6 Å². The van der Waals surface area contributed by atoms with E-state index in [-0.39, 0.29) is 12.5 Å². The number of imide groups is 2. The Labute approximate surface area is 121 Å². The SMILES string of the molecule is Cc1cc(CN2C(=O)NC(=O)C(C3CCCC3)C2=O)on1. The number of urea groups is 1. The molecule has 4 amide bonds. The van der Waals surface area contributed by atoms with Crippen molar-refractivity contribution in [2.24, 2.45) is 11.8 Å². The molecule has 1 aromatic rings. The van der Waals surface area contributed by atoms with Crippen molar-refractivity contribution < 1.29 is 18.9 Å². The lowest BCUT2D eigenvalue weighted by atomic mass is 9.87. The zero-order valence-corrected chi connectivity index (χ0v) is 11.8. The number of aromatic nitrogens is 1. The third kappa shape index (κ3) is 2.55. The predicted molar refractivity (Wildman–Crippen MR) is 70.8 cm³/mol. The number of rotatable bonds is 3. The van der Waals surface area contributed by atoms with Gasteiger partial charge >= 0.3 is 6.03 Å². The highest BCUT2D eigenvalue weighted by molar-refractivity contribution is 6.16. The van der Waals surface area contributed by atoms with Gasteiger partial charge in [0.25, 0.3) is 0 Å². The first-order chi connectivity index (χ1) is 10.1. The fraction of sp³-hybridized carbons (Fsp3) is 0.571. The molecule has 1 saturated heterocycles. The molecule has 2 fully saturated rings. The van der Waals surface area contributed by atoms with Crippen LogP contribution in [0.4, 0.5) is 4.79 Å². The summed E-state index contributed by atoms with van der Waals surface area (Å²) in [6.45, 7) is 1.76. The van der Waals surface area contributed by atoms with E-state index >= 15 is 0 Å². The van der Waals surface area contributed by atoms with E-state index in [2.05, 4.69) is 10.5 Å². The van der Waals surface area contributed by atoms with E-state index in [0.29, 0.717) is 11.5 Å². The van der Waals surface area contributed by atoms with Crippen molar-refractivity contribution in [2.75, 3.05) is 0 Å². The van der Waals surface area contributed by atoms with Gasteiger partial charge in [-0.05, 0) is 25.7 Å². The van der Waals surface area contributed by atoms with Gasteiger partial charge in [-0.25, -0.2) is 4.79 Å². The third-order valence-electron chi connectivity index (χ3n) is 4.15. The number of aryl methyl sites for hydroxylation is 1. The van der Waals surface area contributed by atoms with Gasteiger partial charge in [0.15, 0.2) is 5.76 Å². The maximum Gasteiger partial charge on any atom is 0.331 e. The minimum absolute atomic E-state index is 0.00199. The molecule has 1 aromatic heterocycles. The summed E-state index contributed by atoms with van der Waals surface area (Å²) in [7, 11) is 0. The number of carbonyl (C=O) groups excluding carboxylic acids is 3. The molecule has 0 aromatic carbocycles. The molecule has 0 radical (unpaired) electrons. The number of barbiturate groups is 1. The van der Waals surface area contributed by atoms with E-state index in [4.69, 9.17) is 4.52 Å². The van der Waals surface area contributed by atoms with Crippen molar-refractivity contribution in [3.05, 3.63) is 17.5 Å². The number of carbonyl (C=O) groups is 3. The average molecular weight is 291 g/mol. The number of hydrogen-bond donors (Lipinski definition) is 1. The molecule has 112 valence electrons. The van der Waals surface area contributed by atoms with Crippen LogP contribution in [-0.4, -0.2) is 27.9 Å². The number of nitrogens with one attached hydrogen (secondary N) is 1. The second kappa shape index (κ2) is 5.31. The van der Waals surface area contributed by atoms with Crippen molar-refractivity contribution in [1.82, 2.24) is 15.4 Å². The van der Waals surface area contributed by atoms with Crippen molar-refractivity contribution in [3.8, 4) is 0 Å². The summed E-state index contributed by atoms with van der Waals surface area (Å²) in [5.41, 5.74) is 0.679. The summed E-state index contributed by atoms with van der Waals surface area (Å²) in [6.07, 6.45) is 3.76. The largest absolute Gasteiger partial charge is 0.359 e. The Morgan fingerprint density at radius 3 is 2.67 bits per heavy atom. The van der Waals surface area contributed by atoms with Crippen molar-refractivity contribution in [1.29, 1.82) is 0 Å². The molecule has 7 heteroatoms. The predicted octanol–water partition coefficient (Wildman–Crippen LogP) is 1.37. The molecule has 2 heterocycles. The first-order valence-electron chi connectivity index (χ1n) is 7.14. The smallest absolute Gasteiger partial charge is 0.331 e. The summed E-state index contributed by atoms with van der Waals surface area (Å²) >= 11 is 0. The molecule has 2 aliphatic rings. The molecular weight excluding hydrogens is 274 g/mol. The number of amides is 4. The maximum absolute atomic E-state index is 12.5. The van der Waals surface area contributed by atoms with E-state index < -0.39 is 23.8 Å². The van der Waals surface area contributed by atoms with Crippen LogP contribution in [0.5, 0.6) is 0 Å². The van der Waals surface area contributed by atoms with Crippen LogP contribution in [0.15, 0.2) is 10.6 Å². The number of nitrogens with zero attached hydrogens (tertiary/aromatic N) is 2. The normalized spacial score (nSPS) is 23.8. The number of hydrogen-bond acceptors (Lipinski definition) is 5. The third-order valence-corrected chi connectivity index (χ3v) is 4.15. The Balaban J connectivity index is 1.80. The molecule has 1 atom stereocenters. The van der Waals surface area contributed by atoms with Crippen LogP contribution in [0.1, 0.15) is 37.1 Å². The highest BCUT2D eigenvalue weighted by Gasteiger charge is 2.45. The Hall–Kier alpha value is -2.18. The Morgan fingerprint density at radius 2 is 2.05 bits per heavy atom. The van der Waals surface area contributed by atoms with Crippen LogP contribution in [0.3, 0.4) is 0 Å². The Bertz CT molecular complexity index is 589. The molecule has 7 nitrogen and oxygen atoms in total. The molecule has 21 heavy (non-hydrogen) atoms. The van der Waals surface area contributed by atoms with Crippen LogP contribution in [0.2, 0.25) is 0 Å². The average Bonchev–Trinajstić information content (AvgIpc) is 3.06. The van der Waals surface area contributed by atoms with E-state index in [1.807, 2.05) is 0 Å².